The molecule has 1 aliphatic heterocycles. The molecule has 182 valence electrons. The molecular weight excluding hydrogens is 464 g/mol. The maximum Gasteiger partial charge on any atom is 0.254 e. The van der Waals surface area contributed by atoms with Crippen LogP contribution in [0.15, 0.2) is 72.8 Å². The molecule has 2 amide bonds. The molecule has 0 spiro atoms. The van der Waals surface area contributed by atoms with Gasteiger partial charge in [-0.2, -0.15) is 0 Å². The zero-order valence-electron chi connectivity index (χ0n) is 19.9. The van der Waals surface area contributed by atoms with Crippen LogP contribution in [0.1, 0.15) is 40.4 Å². The first-order chi connectivity index (χ1) is 17.0. The molecule has 1 N–H and O–H groups in total. The van der Waals surface area contributed by atoms with Crippen molar-refractivity contribution in [3.8, 4) is 11.5 Å². The fourth-order valence-electron chi connectivity index (χ4n) is 4.38. The smallest absolute Gasteiger partial charge is 0.254 e. The molecule has 1 saturated heterocycles. The zero-order valence-corrected chi connectivity index (χ0v) is 20.6. The fourth-order valence-corrected chi connectivity index (χ4v) is 4.50. The topological polar surface area (TPSA) is 67.9 Å². The standard InChI is InChI=1S/C28H29ClN2O4/c1-34-24-16-22(17-25(18-24)35-2)28(33)31-14-12-21(13-15-31)27(32)30-26(19-6-4-3-5-7-19)20-8-10-23(29)11-9-20/h3-11,16-18,21,26H,12-15H2,1-2H3,(H,30,32). The summed E-state index contributed by atoms with van der Waals surface area (Å²) in [5.41, 5.74) is 2.48. The average Bonchev–Trinajstić information content (AvgIpc) is 2.92. The Morgan fingerprint density at radius 1 is 0.886 bits per heavy atom. The van der Waals surface area contributed by atoms with Crippen LogP contribution >= 0.6 is 11.6 Å². The highest BCUT2D eigenvalue weighted by molar-refractivity contribution is 6.30. The van der Waals surface area contributed by atoms with Crippen molar-refractivity contribution in [2.45, 2.75) is 18.9 Å². The molecule has 3 aromatic rings. The molecule has 1 fully saturated rings. The predicted molar refractivity (Wildman–Crippen MR) is 136 cm³/mol. The van der Waals surface area contributed by atoms with E-state index < -0.39 is 0 Å². The van der Waals surface area contributed by atoms with Crippen LogP contribution in [0, 0.1) is 5.92 Å². The third kappa shape index (κ3) is 5.95. The van der Waals surface area contributed by atoms with Crippen molar-refractivity contribution in [2.75, 3.05) is 27.3 Å². The third-order valence-electron chi connectivity index (χ3n) is 6.37. The summed E-state index contributed by atoms with van der Waals surface area (Å²) in [6.07, 6.45) is 1.20. The van der Waals surface area contributed by atoms with Gasteiger partial charge in [-0.25, -0.2) is 0 Å². The van der Waals surface area contributed by atoms with Gasteiger partial charge in [0, 0.05) is 35.7 Å². The summed E-state index contributed by atoms with van der Waals surface area (Å²) in [6, 6.07) is 22.3. The second kappa shape index (κ2) is 11.3. The molecule has 1 heterocycles. The van der Waals surface area contributed by atoms with E-state index in [1.807, 2.05) is 54.6 Å². The molecule has 35 heavy (non-hydrogen) atoms. The van der Waals surface area contributed by atoms with E-state index in [9.17, 15) is 9.59 Å². The van der Waals surface area contributed by atoms with Gasteiger partial charge in [-0.05, 0) is 48.2 Å². The van der Waals surface area contributed by atoms with Crippen LogP contribution in [0.3, 0.4) is 0 Å². The van der Waals surface area contributed by atoms with E-state index >= 15 is 0 Å². The lowest BCUT2D eigenvalue weighted by atomic mass is 9.93. The first-order valence-electron chi connectivity index (χ1n) is 11.6. The first kappa shape index (κ1) is 24.6. The number of rotatable bonds is 7. The van der Waals surface area contributed by atoms with Crippen LogP contribution in [-0.4, -0.2) is 44.0 Å². The minimum absolute atomic E-state index is 0.0102. The van der Waals surface area contributed by atoms with Crippen LogP contribution in [0.25, 0.3) is 0 Å². The second-order valence-electron chi connectivity index (χ2n) is 8.57. The lowest BCUT2D eigenvalue weighted by Crippen LogP contribution is -2.43. The van der Waals surface area contributed by atoms with Crippen LogP contribution in [0.2, 0.25) is 5.02 Å². The number of nitrogens with zero attached hydrogens (tertiary/aromatic N) is 1. The Morgan fingerprint density at radius 3 is 2.03 bits per heavy atom. The molecule has 1 aliphatic rings. The lowest BCUT2D eigenvalue weighted by molar-refractivity contribution is -0.126. The van der Waals surface area contributed by atoms with Crippen molar-refractivity contribution < 1.29 is 19.1 Å². The van der Waals surface area contributed by atoms with E-state index in [2.05, 4.69) is 5.32 Å². The van der Waals surface area contributed by atoms with E-state index in [1.165, 1.54) is 0 Å². The fraction of sp³-hybridized carbons (Fsp3) is 0.286. The van der Waals surface area contributed by atoms with E-state index in [-0.39, 0.29) is 23.8 Å². The molecule has 6 nitrogen and oxygen atoms in total. The van der Waals surface area contributed by atoms with Crippen LogP contribution in [-0.2, 0) is 4.79 Å². The monoisotopic (exact) mass is 492 g/mol. The van der Waals surface area contributed by atoms with Gasteiger partial charge < -0.3 is 19.7 Å². The van der Waals surface area contributed by atoms with Crippen molar-refractivity contribution in [3.63, 3.8) is 0 Å². The van der Waals surface area contributed by atoms with E-state index in [4.69, 9.17) is 21.1 Å². The van der Waals surface area contributed by atoms with Gasteiger partial charge in [-0.3, -0.25) is 9.59 Å². The zero-order chi connectivity index (χ0) is 24.8. The second-order valence-corrected chi connectivity index (χ2v) is 9.01. The minimum atomic E-state index is -0.273. The molecular formula is C28H29ClN2O4. The molecule has 0 aliphatic carbocycles. The quantitative estimate of drug-likeness (QED) is 0.497. The number of hydrogen-bond acceptors (Lipinski definition) is 4. The van der Waals surface area contributed by atoms with E-state index in [0.717, 1.165) is 11.1 Å². The number of amides is 2. The summed E-state index contributed by atoms with van der Waals surface area (Å²) < 4.78 is 10.6. The van der Waals surface area contributed by atoms with Crippen LogP contribution < -0.4 is 14.8 Å². The Morgan fingerprint density at radius 2 is 1.46 bits per heavy atom. The number of hydrogen-bond donors (Lipinski definition) is 1. The summed E-state index contributed by atoms with van der Waals surface area (Å²) in [7, 11) is 3.11. The number of methoxy groups -OCH3 is 2. The Kier molecular flexibility index (Phi) is 7.93. The molecule has 7 heteroatoms. The van der Waals surface area contributed by atoms with Crippen molar-refractivity contribution in [1.82, 2.24) is 10.2 Å². The predicted octanol–water partition coefficient (Wildman–Crippen LogP) is 5.12. The van der Waals surface area contributed by atoms with Crippen molar-refractivity contribution in [2.24, 2.45) is 5.92 Å². The number of ether oxygens (including phenoxy) is 2. The Labute approximate surface area is 210 Å². The highest BCUT2D eigenvalue weighted by atomic mass is 35.5. The summed E-state index contributed by atoms with van der Waals surface area (Å²) >= 11 is 6.07. The molecule has 3 aromatic carbocycles. The van der Waals surface area contributed by atoms with Crippen LogP contribution in [0.4, 0.5) is 0 Å². The van der Waals surface area contributed by atoms with Gasteiger partial charge in [0.25, 0.3) is 5.91 Å². The summed E-state index contributed by atoms with van der Waals surface area (Å²) in [6.45, 7) is 1.01. The van der Waals surface area contributed by atoms with E-state index in [0.29, 0.717) is 48.0 Å². The van der Waals surface area contributed by atoms with Gasteiger partial charge in [0.05, 0.1) is 20.3 Å². The molecule has 4 rings (SSSR count). The highest BCUT2D eigenvalue weighted by Crippen LogP contribution is 2.28. The largest absolute Gasteiger partial charge is 0.497 e. The summed E-state index contributed by atoms with van der Waals surface area (Å²) in [5.74, 6) is 0.859. The normalized spacial score (nSPS) is 14.8. The number of benzene rings is 3. The number of nitrogens with one attached hydrogen (secondary N) is 1. The maximum absolute atomic E-state index is 13.3. The number of halogens is 1. The van der Waals surface area contributed by atoms with Gasteiger partial charge in [0.2, 0.25) is 5.91 Å². The van der Waals surface area contributed by atoms with E-state index in [1.54, 1.807) is 37.3 Å². The minimum Gasteiger partial charge on any atom is -0.497 e. The highest BCUT2D eigenvalue weighted by Gasteiger charge is 2.30. The van der Waals surface area contributed by atoms with Crippen molar-refractivity contribution in [3.05, 3.63) is 94.5 Å². The summed E-state index contributed by atoms with van der Waals surface area (Å²) in [4.78, 5) is 28.1. The van der Waals surface area contributed by atoms with Gasteiger partial charge in [-0.1, -0.05) is 54.1 Å². The molecule has 0 bridgehead atoms. The van der Waals surface area contributed by atoms with Crippen LogP contribution in [0.5, 0.6) is 11.5 Å². The Bertz CT molecular complexity index is 1140. The molecule has 0 aromatic heterocycles. The molecule has 0 radical (unpaired) electrons. The average molecular weight is 493 g/mol. The Hall–Kier alpha value is -3.51. The SMILES string of the molecule is COc1cc(OC)cc(C(=O)N2CCC(C(=O)NC(c3ccccc3)c3ccc(Cl)cc3)CC2)c1. The molecule has 1 unspecified atom stereocenters. The Balaban J connectivity index is 1.42. The van der Waals surface area contributed by atoms with Crippen molar-refractivity contribution >= 4 is 23.4 Å². The number of carbonyl (C=O) groups excluding carboxylic acids is 2. The number of carbonyl (C=O) groups is 2. The number of piperidine rings is 1. The lowest BCUT2D eigenvalue weighted by Gasteiger charge is -2.32. The van der Waals surface area contributed by atoms with Gasteiger partial charge in [-0.15, -0.1) is 0 Å². The van der Waals surface area contributed by atoms with Gasteiger partial charge in [0.1, 0.15) is 11.5 Å². The van der Waals surface area contributed by atoms with Gasteiger partial charge in [0.15, 0.2) is 0 Å². The summed E-state index contributed by atoms with van der Waals surface area (Å²) in [5, 5.41) is 3.88. The maximum atomic E-state index is 13.3. The molecule has 1 atom stereocenters. The van der Waals surface area contributed by atoms with Gasteiger partial charge >= 0.3 is 0 Å². The molecule has 0 saturated carbocycles. The first-order valence-corrected chi connectivity index (χ1v) is 12.0. The third-order valence-corrected chi connectivity index (χ3v) is 6.63. The number of likely N-dealkylation sites (tertiary alicyclic amines) is 1. The van der Waals surface area contributed by atoms with Crippen molar-refractivity contribution in [1.29, 1.82) is 0 Å².